The van der Waals surface area contributed by atoms with Crippen LogP contribution in [0, 0.1) is 0 Å². The molecule has 0 aromatic carbocycles. The van der Waals surface area contributed by atoms with Gasteiger partial charge in [-0.05, 0) is 24.6 Å². The van der Waals surface area contributed by atoms with E-state index in [1.54, 1.807) is 0 Å². The molecule has 2 heterocycles. The maximum absolute atomic E-state index is 11.4. The van der Waals surface area contributed by atoms with Crippen molar-refractivity contribution in [3.63, 3.8) is 0 Å². The maximum Gasteiger partial charge on any atom is 0.153 e. The number of anilines is 1. The zero-order chi connectivity index (χ0) is 13.7. The normalized spacial score (nSPS) is 18.5. The monoisotopic (exact) mass is 283 g/mol. The molecule has 19 heavy (non-hydrogen) atoms. The number of sulfone groups is 1. The molecular formula is C13H21N3O2S. The predicted molar refractivity (Wildman–Crippen MR) is 77.1 cm³/mol. The van der Waals surface area contributed by atoms with Crippen LogP contribution in [0.2, 0.25) is 0 Å². The van der Waals surface area contributed by atoms with E-state index in [-0.39, 0.29) is 11.5 Å². The Morgan fingerprint density at radius 2 is 2.05 bits per heavy atom. The Labute approximate surface area is 114 Å². The minimum absolute atomic E-state index is 0.231. The van der Waals surface area contributed by atoms with Gasteiger partial charge in [0.25, 0.3) is 0 Å². The molecule has 5 nitrogen and oxygen atoms in total. The second-order valence-electron chi connectivity index (χ2n) is 4.84. The third-order valence-electron chi connectivity index (χ3n) is 3.23. The molecule has 1 fully saturated rings. The van der Waals surface area contributed by atoms with Crippen LogP contribution in [0.3, 0.4) is 0 Å². The number of pyridine rings is 1. The van der Waals surface area contributed by atoms with Crippen LogP contribution in [0.1, 0.15) is 18.9 Å². The van der Waals surface area contributed by atoms with E-state index in [9.17, 15) is 8.42 Å². The minimum Gasteiger partial charge on any atom is -0.355 e. The topological polar surface area (TPSA) is 62.3 Å². The Morgan fingerprint density at radius 3 is 2.63 bits per heavy atom. The van der Waals surface area contributed by atoms with Crippen LogP contribution in [0.5, 0.6) is 0 Å². The molecule has 106 valence electrons. The highest BCUT2D eigenvalue weighted by Crippen LogP contribution is 2.14. The molecule has 1 aliphatic rings. The van der Waals surface area contributed by atoms with Crippen molar-refractivity contribution in [2.45, 2.75) is 19.9 Å². The maximum atomic E-state index is 11.4. The van der Waals surface area contributed by atoms with E-state index in [0.717, 1.165) is 30.9 Å². The Bertz CT molecular complexity index is 485. The van der Waals surface area contributed by atoms with Crippen LogP contribution in [-0.4, -0.2) is 44.5 Å². The van der Waals surface area contributed by atoms with Gasteiger partial charge in [-0.15, -0.1) is 0 Å². The molecule has 1 aromatic rings. The molecule has 1 aliphatic heterocycles. The van der Waals surface area contributed by atoms with Crippen LogP contribution in [0.15, 0.2) is 18.3 Å². The molecule has 2 rings (SSSR count). The van der Waals surface area contributed by atoms with Gasteiger partial charge in [-0.25, -0.2) is 13.4 Å². The van der Waals surface area contributed by atoms with Crippen molar-refractivity contribution < 1.29 is 8.42 Å². The van der Waals surface area contributed by atoms with Gasteiger partial charge in [0.2, 0.25) is 0 Å². The summed E-state index contributed by atoms with van der Waals surface area (Å²) in [5, 5.41) is 3.33. The molecule has 0 bridgehead atoms. The van der Waals surface area contributed by atoms with Gasteiger partial charge in [0.1, 0.15) is 5.82 Å². The van der Waals surface area contributed by atoms with Gasteiger partial charge in [0, 0.05) is 25.8 Å². The standard InChI is InChI=1S/C13H21N3O2S/c1-2-5-14-10-12-3-4-13(15-11-12)16-6-8-19(17,18)9-7-16/h3-4,11,14H,2,5-10H2,1H3. The van der Waals surface area contributed by atoms with E-state index < -0.39 is 9.84 Å². The summed E-state index contributed by atoms with van der Waals surface area (Å²) in [6.07, 6.45) is 2.98. The molecule has 0 amide bonds. The van der Waals surface area contributed by atoms with Crippen molar-refractivity contribution in [1.82, 2.24) is 10.3 Å². The number of nitrogens with zero attached hydrogens (tertiary/aromatic N) is 2. The van der Waals surface area contributed by atoms with Crippen molar-refractivity contribution in [2.75, 3.05) is 36.0 Å². The van der Waals surface area contributed by atoms with E-state index in [1.165, 1.54) is 0 Å². The molecule has 6 heteroatoms. The van der Waals surface area contributed by atoms with Crippen molar-refractivity contribution in [3.8, 4) is 0 Å². The molecule has 0 unspecified atom stereocenters. The Balaban J connectivity index is 1.91. The van der Waals surface area contributed by atoms with Crippen molar-refractivity contribution in [3.05, 3.63) is 23.9 Å². The fourth-order valence-electron chi connectivity index (χ4n) is 2.06. The lowest BCUT2D eigenvalue weighted by Gasteiger charge is -2.27. The van der Waals surface area contributed by atoms with Crippen LogP contribution in [0.25, 0.3) is 0 Å². The molecule has 1 saturated heterocycles. The third kappa shape index (κ3) is 4.18. The van der Waals surface area contributed by atoms with Crippen molar-refractivity contribution in [2.24, 2.45) is 0 Å². The highest BCUT2D eigenvalue weighted by atomic mass is 32.2. The zero-order valence-corrected chi connectivity index (χ0v) is 12.1. The first kappa shape index (κ1) is 14.3. The van der Waals surface area contributed by atoms with Gasteiger partial charge < -0.3 is 10.2 Å². The summed E-state index contributed by atoms with van der Waals surface area (Å²) in [7, 11) is -2.83. The van der Waals surface area contributed by atoms with Crippen LogP contribution in [-0.2, 0) is 16.4 Å². The Kier molecular flexibility index (Phi) is 4.76. The largest absolute Gasteiger partial charge is 0.355 e. The van der Waals surface area contributed by atoms with E-state index in [0.29, 0.717) is 13.1 Å². The third-order valence-corrected chi connectivity index (χ3v) is 4.84. The quantitative estimate of drug-likeness (QED) is 0.811. The van der Waals surface area contributed by atoms with Gasteiger partial charge in [-0.3, -0.25) is 0 Å². The molecule has 0 radical (unpaired) electrons. The lowest BCUT2D eigenvalue weighted by molar-refractivity contribution is 0.586. The molecule has 0 atom stereocenters. The first-order valence-corrected chi connectivity index (χ1v) is 8.54. The van der Waals surface area contributed by atoms with Gasteiger partial charge in [-0.1, -0.05) is 13.0 Å². The van der Waals surface area contributed by atoms with Crippen molar-refractivity contribution >= 4 is 15.7 Å². The number of rotatable bonds is 5. The second-order valence-corrected chi connectivity index (χ2v) is 7.14. The first-order valence-electron chi connectivity index (χ1n) is 6.72. The average molecular weight is 283 g/mol. The van der Waals surface area contributed by atoms with Gasteiger partial charge in [0.05, 0.1) is 11.5 Å². The Hall–Kier alpha value is -1.14. The first-order chi connectivity index (χ1) is 9.11. The minimum atomic E-state index is -2.83. The summed E-state index contributed by atoms with van der Waals surface area (Å²) in [6, 6.07) is 4.02. The summed E-state index contributed by atoms with van der Waals surface area (Å²) >= 11 is 0. The number of hydrogen-bond acceptors (Lipinski definition) is 5. The van der Waals surface area contributed by atoms with Gasteiger partial charge in [0.15, 0.2) is 9.84 Å². The van der Waals surface area contributed by atoms with Gasteiger partial charge >= 0.3 is 0 Å². The van der Waals surface area contributed by atoms with E-state index in [2.05, 4.69) is 17.2 Å². The molecule has 0 aliphatic carbocycles. The van der Waals surface area contributed by atoms with Crippen LogP contribution < -0.4 is 10.2 Å². The van der Waals surface area contributed by atoms with Crippen LogP contribution in [0.4, 0.5) is 5.82 Å². The molecule has 0 saturated carbocycles. The molecule has 1 aromatic heterocycles. The average Bonchev–Trinajstić information content (AvgIpc) is 2.40. The summed E-state index contributed by atoms with van der Waals surface area (Å²) in [6.45, 7) is 5.06. The van der Waals surface area contributed by atoms with E-state index >= 15 is 0 Å². The fourth-order valence-corrected chi connectivity index (χ4v) is 3.26. The SMILES string of the molecule is CCCNCc1ccc(N2CCS(=O)(=O)CC2)nc1. The summed E-state index contributed by atoms with van der Waals surface area (Å²) in [5.41, 5.74) is 1.15. The summed E-state index contributed by atoms with van der Waals surface area (Å²) in [5.74, 6) is 1.33. The predicted octanol–water partition coefficient (Wildman–Crippen LogP) is 0.816. The lowest BCUT2D eigenvalue weighted by Crippen LogP contribution is -2.40. The molecule has 1 N–H and O–H groups in total. The van der Waals surface area contributed by atoms with E-state index in [1.807, 2.05) is 23.2 Å². The zero-order valence-electron chi connectivity index (χ0n) is 11.3. The smallest absolute Gasteiger partial charge is 0.153 e. The number of nitrogens with one attached hydrogen (secondary N) is 1. The fraction of sp³-hybridized carbons (Fsp3) is 0.615. The summed E-state index contributed by atoms with van der Waals surface area (Å²) in [4.78, 5) is 6.45. The lowest BCUT2D eigenvalue weighted by atomic mass is 10.2. The summed E-state index contributed by atoms with van der Waals surface area (Å²) < 4.78 is 22.7. The number of aromatic nitrogens is 1. The highest BCUT2D eigenvalue weighted by molar-refractivity contribution is 7.91. The Morgan fingerprint density at radius 1 is 1.32 bits per heavy atom. The molecular weight excluding hydrogens is 262 g/mol. The second kappa shape index (κ2) is 6.34. The van der Waals surface area contributed by atoms with E-state index in [4.69, 9.17) is 0 Å². The van der Waals surface area contributed by atoms with Gasteiger partial charge in [-0.2, -0.15) is 0 Å². The van der Waals surface area contributed by atoms with Crippen LogP contribution >= 0.6 is 0 Å². The van der Waals surface area contributed by atoms with Crippen molar-refractivity contribution in [1.29, 1.82) is 0 Å². The highest BCUT2D eigenvalue weighted by Gasteiger charge is 2.22. The molecule has 0 spiro atoms. The number of hydrogen-bond donors (Lipinski definition) is 1.